The predicted molar refractivity (Wildman–Crippen MR) is 113 cm³/mol. The van der Waals surface area contributed by atoms with Crippen LogP contribution < -0.4 is 20.3 Å². The third-order valence-corrected chi connectivity index (χ3v) is 5.29. The van der Waals surface area contributed by atoms with Crippen LogP contribution in [0.3, 0.4) is 0 Å². The van der Waals surface area contributed by atoms with E-state index >= 15 is 0 Å². The number of pyridine rings is 1. The van der Waals surface area contributed by atoms with E-state index < -0.39 is 0 Å². The molecule has 1 saturated carbocycles. The highest BCUT2D eigenvalue weighted by Crippen LogP contribution is 2.22. The quantitative estimate of drug-likeness (QED) is 0.634. The molecule has 4 rings (SSSR count). The van der Waals surface area contributed by atoms with Gasteiger partial charge < -0.3 is 25.0 Å². The molecule has 9 nitrogen and oxygen atoms in total. The lowest BCUT2D eigenvalue weighted by Gasteiger charge is -2.27. The topological polar surface area (TPSA) is 102 Å². The van der Waals surface area contributed by atoms with Crippen molar-refractivity contribution in [3.05, 3.63) is 36.3 Å². The van der Waals surface area contributed by atoms with Gasteiger partial charge in [0.15, 0.2) is 0 Å². The number of morpholine rings is 1. The van der Waals surface area contributed by atoms with Gasteiger partial charge in [0.1, 0.15) is 24.1 Å². The van der Waals surface area contributed by atoms with Gasteiger partial charge in [-0.2, -0.15) is 0 Å². The van der Waals surface area contributed by atoms with Gasteiger partial charge in [-0.1, -0.05) is 0 Å². The van der Waals surface area contributed by atoms with Crippen molar-refractivity contribution in [3.63, 3.8) is 0 Å². The summed E-state index contributed by atoms with van der Waals surface area (Å²) in [5.74, 6) is 2.04. The Kier molecular flexibility index (Phi) is 6.91. The molecule has 1 amide bonds. The number of ether oxygens (including phenoxy) is 2. The van der Waals surface area contributed by atoms with Crippen molar-refractivity contribution in [2.24, 2.45) is 0 Å². The number of carbonyl (C=O) groups excluding carboxylic acids is 1. The lowest BCUT2D eigenvalue weighted by Crippen LogP contribution is -2.36. The first-order valence-corrected chi connectivity index (χ1v) is 10.6. The first-order chi connectivity index (χ1) is 14.8. The van der Waals surface area contributed by atoms with E-state index in [2.05, 4.69) is 30.5 Å². The van der Waals surface area contributed by atoms with Crippen LogP contribution in [0.25, 0.3) is 0 Å². The van der Waals surface area contributed by atoms with E-state index in [1.54, 1.807) is 24.7 Å². The van der Waals surface area contributed by atoms with E-state index in [0.29, 0.717) is 37.7 Å². The van der Waals surface area contributed by atoms with Crippen molar-refractivity contribution in [3.8, 4) is 5.88 Å². The van der Waals surface area contributed by atoms with Gasteiger partial charge in [-0.15, -0.1) is 0 Å². The molecule has 0 aromatic carbocycles. The van der Waals surface area contributed by atoms with Crippen LogP contribution >= 0.6 is 0 Å². The minimum Gasteiger partial charge on any atom is -0.474 e. The normalized spacial score (nSPS) is 17.0. The summed E-state index contributed by atoms with van der Waals surface area (Å²) in [5, 5.41) is 6.11. The number of hydrogen-bond donors (Lipinski definition) is 2. The largest absolute Gasteiger partial charge is 0.474 e. The fraction of sp³-hybridized carbons (Fsp3) is 0.524. The molecule has 2 aliphatic rings. The van der Waals surface area contributed by atoms with E-state index in [9.17, 15) is 4.79 Å². The van der Waals surface area contributed by atoms with Crippen molar-refractivity contribution < 1.29 is 14.3 Å². The van der Waals surface area contributed by atoms with E-state index in [-0.39, 0.29) is 12.0 Å². The lowest BCUT2D eigenvalue weighted by atomic mass is 10.2. The van der Waals surface area contributed by atoms with Crippen LogP contribution in [0, 0.1) is 0 Å². The van der Waals surface area contributed by atoms with Crippen molar-refractivity contribution in [1.29, 1.82) is 0 Å². The smallest absolute Gasteiger partial charge is 0.252 e. The van der Waals surface area contributed by atoms with E-state index in [4.69, 9.17) is 9.47 Å². The molecular weight excluding hydrogens is 384 g/mol. The van der Waals surface area contributed by atoms with E-state index in [1.807, 2.05) is 6.07 Å². The molecule has 1 saturated heterocycles. The number of rotatable bonds is 8. The Morgan fingerprint density at radius 1 is 1.13 bits per heavy atom. The number of hydrogen-bond acceptors (Lipinski definition) is 8. The second-order valence-corrected chi connectivity index (χ2v) is 7.45. The molecule has 0 unspecified atom stereocenters. The molecule has 160 valence electrons. The van der Waals surface area contributed by atoms with Gasteiger partial charge in [0, 0.05) is 44.5 Å². The molecule has 3 heterocycles. The van der Waals surface area contributed by atoms with Crippen LogP contribution in [-0.2, 0) is 4.74 Å². The number of anilines is 2. The minimum atomic E-state index is -0.159. The molecule has 9 heteroatoms. The van der Waals surface area contributed by atoms with Crippen molar-refractivity contribution in [2.75, 3.05) is 49.6 Å². The Balaban J connectivity index is 1.20. The van der Waals surface area contributed by atoms with Crippen LogP contribution in [0.15, 0.2) is 30.7 Å². The van der Waals surface area contributed by atoms with Crippen molar-refractivity contribution in [1.82, 2.24) is 20.3 Å². The number of carbonyl (C=O) groups is 1. The van der Waals surface area contributed by atoms with Gasteiger partial charge in [-0.3, -0.25) is 4.79 Å². The van der Waals surface area contributed by atoms with Crippen molar-refractivity contribution >= 4 is 17.5 Å². The summed E-state index contributed by atoms with van der Waals surface area (Å²) in [7, 11) is 0. The molecule has 2 fully saturated rings. The molecule has 0 radical (unpaired) electrons. The molecule has 2 N–H and O–H groups in total. The summed E-state index contributed by atoms with van der Waals surface area (Å²) in [6, 6.07) is 5.43. The van der Waals surface area contributed by atoms with Crippen LogP contribution in [0.5, 0.6) is 5.88 Å². The number of nitrogens with one attached hydrogen (secondary N) is 2. The Hall–Kier alpha value is -2.94. The average Bonchev–Trinajstić information content (AvgIpc) is 3.31. The second kappa shape index (κ2) is 10.2. The Labute approximate surface area is 176 Å². The first-order valence-electron chi connectivity index (χ1n) is 10.6. The van der Waals surface area contributed by atoms with Gasteiger partial charge in [-0.25, -0.2) is 15.0 Å². The van der Waals surface area contributed by atoms with Gasteiger partial charge in [0.2, 0.25) is 5.88 Å². The predicted octanol–water partition coefficient (Wildman–Crippen LogP) is 1.87. The molecular formula is C21H28N6O3. The highest BCUT2D eigenvalue weighted by molar-refractivity contribution is 5.93. The summed E-state index contributed by atoms with van der Waals surface area (Å²) in [5.41, 5.74) is 0.519. The zero-order valence-electron chi connectivity index (χ0n) is 17.0. The third kappa shape index (κ3) is 5.56. The summed E-state index contributed by atoms with van der Waals surface area (Å²) in [6.07, 6.45) is 7.95. The molecule has 0 atom stereocenters. The van der Waals surface area contributed by atoms with Gasteiger partial charge in [0.25, 0.3) is 5.91 Å². The zero-order chi connectivity index (χ0) is 20.6. The monoisotopic (exact) mass is 412 g/mol. The summed E-state index contributed by atoms with van der Waals surface area (Å²) in [6.45, 7) is 4.09. The van der Waals surface area contributed by atoms with Crippen LogP contribution in [0.1, 0.15) is 36.0 Å². The molecule has 0 bridgehead atoms. The molecule has 1 aliphatic carbocycles. The second-order valence-electron chi connectivity index (χ2n) is 7.45. The lowest BCUT2D eigenvalue weighted by molar-refractivity contribution is 0.0954. The fourth-order valence-electron chi connectivity index (χ4n) is 3.64. The fourth-order valence-corrected chi connectivity index (χ4v) is 3.64. The summed E-state index contributed by atoms with van der Waals surface area (Å²) >= 11 is 0. The van der Waals surface area contributed by atoms with Crippen LogP contribution in [0.4, 0.5) is 11.6 Å². The number of nitrogens with zero attached hydrogens (tertiary/aromatic N) is 4. The van der Waals surface area contributed by atoms with E-state index in [1.165, 1.54) is 12.8 Å². The molecule has 30 heavy (non-hydrogen) atoms. The Morgan fingerprint density at radius 2 is 1.97 bits per heavy atom. The molecule has 2 aromatic heterocycles. The van der Waals surface area contributed by atoms with Gasteiger partial charge >= 0.3 is 0 Å². The van der Waals surface area contributed by atoms with E-state index in [0.717, 1.165) is 37.6 Å². The third-order valence-electron chi connectivity index (χ3n) is 5.29. The van der Waals surface area contributed by atoms with Crippen LogP contribution in [-0.4, -0.2) is 66.4 Å². The summed E-state index contributed by atoms with van der Waals surface area (Å²) < 4.78 is 11.2. The highest BCUT2D eigenvalue weighted by atomic mass is 16.5. The SMILES string of the molecule is O=C(NCCNc1cc(N2CCOCC2)ncn1)c1ccc(OC2CCCC2)nc1. The number of amides is 1. The Bertz CT molecular complexity index is 820. The van der Waals surface area contributed by atoms with Crippen LogP contribution in [0.2, 0.25) is 0 Å². The maximum absolute atomic E-state index is 12.3. The first kappa shape index (κ1) is 20.3. The Morgan fingerprint density at radius 3 is 2.73 bits per heavy atom. The highest BCUT2D eigenvalue weighted by Gasteiger charge is 2.17. The maximum Gasteiger partial charge on any atom is 0.252 e. The zero-order valence-corrected chi connectivity index (χ0v) is 17.0. The van der Waals surface area contributed by atoms with Gasteiger partial charge in [-0.05, 0) is 31.7 Å². The summed E-state index contributed by atoms with van der Waals surface area (Å²) in [4.78, 5) is 27.3. The maximum atomic E-state index is 12.3. The molecule has 2 aromatic rings. The minimum absolute atomic E-state index is 0.159. The number of aromatic nitrogens is 3. The average molecular weight is 412 g/mol. The standard InChI is InChI=1S/C21H28N6O3/c28-21(16-5-6-20(24-14-16)30-17-3-1-2-4-17)23-8-7-22-18-13-19(26-15-25-18)27-9-11-29-12-10-27/h5-6,13-15,17H,1-4,7-12H2,(H,23,28)(H,22,25,26). The molecule has 1 aliphatic heterocycles. The molecule has 0 spiro atoms. The van der Waals surface area contributed by atoms with Crippen molar-refractivity contribution in [2.45, 2.75) is 31.8 Å². The van der Waals surface area contributed by atoms with Gasteiger partial charge in [0.05, 0.1) is 18.8 Å².